The predicted molar refractivity (Wildman–Crippen MR) is 88.7 cm³/mol. The summed E-state index contributed by atoms with van der Waals surface area (Å²) in [6.45, 7) is 1.69. The van der Waals surface area contributed by atoms with E-state index in [1.54, 1.807) is 31.2 Å². The Labute approximate surface area is 134 Å². The van der Waals surface area contributed by atoms with Gasteiger partial charge in [-0.2, -0.15) is 0 Å². The lowest BCUT2D eigenvalue weighted by atomic mass is 9.99. The lowest BCUT2D eigenvalue weighted by Gasteiger charge is -2.10. The highest BCUT2D eigenvalue weighted by Gasteiger charge is 2.21. The third-order valence-electron chi connectivity index (χ3n) is 4.03. The van der Waals surface area contributed by atoms with E-state index in [4.69, 9.17) is 5.73 Å². The number of aryl methyl sites for hydroxylation is 1. The maximum absolute atomic E-state index is 14.6. The van der Waals surface area contributed by atoms with Crippen LogP contribution in [-0.2, 0) is 0 Å². The van der Waals surface area contributed by atoms with E-state index >= 15 is 0 Å². The van der Waals surface area contributed by atoms with Gasteiger partial charge in [0, 0.05) is 33.8 Å². The van der Waals surface area contributed by atoms with Crippen LogP contribution in [0.3, 0.4) is 0 Å². The molecule has 120 valence electrons. The molecule has 0 spiro atoms. The van der Waals surface area contributed by atoms with Gasteiger partial charge in [-0.05, 0) is 19.1 Å². The van der Waals surface area contributed by atoms with E-state index < -0.39 is 17.1 Å². The first-order chi connectivity index (χ1) is 11.5. The zero-order valence-electron chi connectivity index (χ0n) is 12.6. The summed E-state index contributed by atoms with van der Waals surface area (Å²) in [7, 11) is 0. The van der Waals surface area contributed by atoms with Crippen molar-refractivity contribution >= 4 is 27.5 Å². The average Bonchev–Trinajstić information content (AvgIpc) is 2.92. The number of hydrogen-bond donors (Lipinski definition) is 3. The molecule has 7 heteroatoms. The summed E-state index contributed by atoms with van der Waals surface area (Å²) >= 11 is 0. The fourth-order valence-corrected chi connectivity index (χ4v) is 2.98. The number of hydrogen-bond acceptors (Lipinski definition) is 3. The van der Waals surface area contributed by atoms with Gasteiger partial charge in [0.05, 0.1) is 11.1 Å². The highest BCUT2D eigenvalue weighted by atomic mass is 19.1. The molecular weight excluding hydrogens is 314 g/mol. The smallest absolute Gasteiger partial charge is 0.217 e. The number of aromatic amines is 2. The number of nitrogen functional groups attached to an aromatic ring is 1. The molecule has 0 saturated carbocycles. The summed E-state index contributed by atoms with van der Waals surface area (Å²) in [6, 6.07) is 7.35. The second-order valence-corrected chi connectivity index (χ2v) is 5.60. The first kappa shape index (κ1) is 14.4. The van der Waals surface area contributed by atoms with Crippen molar-refractivity contribution in [1.82, 2.24) is 15.2 Å². The number of pyridine rings is 1. The van der Waals surface area contributed by atoms with Gasteiger partial charge in [-0.15, -0.1) is 0 Å². The van der Waals surface area contributed by atoms with Gasteiger partial charge in [0.1, 0.15) is 5.82 Å². The summed E-state index contributed by atoms with van der Waals surface area (Å²) in [4.78, 5) is 16.2. The fourth-order valence-electron chi connectivity index (χ4n) is 2.98. The Morgan fingerprint density at radius 3 is 2.62 bits per heavy atom. The number of halogens is 2. The van der Waals surface area contributed by atoms with E-state index in [9.17, 15) is 13.6 Å². The first-order valence-corrected chi connectivity index (χ1v) is 7.22. The Kier molecular flexibility index (Phi) is 2.93. The number of benzene rings is 2. The van der Waals surface area contributed by atoms with Crippen molar-refractivity contribution in [2.75, 3.05) is 5.73 Å². The van der Waals surface area contributed by atoms with Crippen molar-refractivity contribution in [3.63, 3.8) is 0 Å². The van der Waals surface area contributed by atoms with Crippen molar-refractivity contribution in [2.45, 2.75) is 6.92 Å². The number of rotatable bonds is 1. The number of nitrogens with one attached hydrogen (secondary N) is 2. The van der Waals surface area contributed by atoms with Crippen molar-refractivity contribution in [3.05, 3.63) is 57.9 Å². The highest BCUT2D eigenvalue weighted by molar-refractivity contribution is 6.11. The molecule has 0 unspecified atom stereocenters. The van der Waals surface area contributed by atoms with Crippen LogP contribution in [-0.4, -0.2) is 15.2 Å². The van der Waals surface area contributed by atoms with E-state index in [2.05, 4.69) is 15.2 Å². The molecule has 0 radical (unpaired) electrons. The number of fused-ring (bicyclic) bond motifs is 3. The monoisotopic (exact) mass is 326 g/mol. The van der Waals surface area contributed by atoms with Crippen molar-refractivity contribution in [2.24, 2.45) is 0 Å². The summed E-state index contributed by atoms with van der Waals surface area (Å²) in [5.74, 6) is -1.82. The maximum Gasteiger partial charge on any atom is 0.217 e. The molecule has 0 aliphatic rings. The van der Waals surface area contributed by atoms with Crippen LogP contribution in [0.5, 0.6) is 0 Å². The average molecular weight is 326 g/mol. The van der Waals surface area contributed by atoms with E-state index in [-0.39, 0.29) is 16.5 Å². The number of H-pyrrole nitrogens is 2. The molecule has 24 heavy (non-hydrogen) atoms. The van der Waals surface area contributed by atoms with E-state index in [0.717, 1.165) is 0 Å². The molecule has 0 aliphatic carbocycles. The SMILES string of the molecule is Cc1[nH][nH]c2nc(-c3cccc(N)c3)c3c(F)cc(=O)c(F)c3c12. The Balaban J connectivity index is 2.30. The normalized spacial score (nSPS) is 11.5. The predicted octanol–water partition coefficient (Wildman–Crippen LogP) is 3.24. The van der Waals surface area contributed by atoms with Gasteiger partial charge in [-0.25, -0.2) is 13.8 Å². The topological polar surface area (TPSA) is 87.6 Å². The Morgan fingerprint density at radius 1 is 1.08 bits per heavy atom. The van der Waals surface area contributed by atoms with E-state index in [1.807, 2.05) is 0 Å². The molecule has 4 aromatic rings. The Bertz CT molecular complexity index is 1180. The van der Waals surface area contributed by atoms with Gasteiger partial charge < -0.3 is 10.8 Å². The second kappa shape index (κ2) is 4.89. The van der Waals surface area contributed by atoms with Crippen LogP contribution in [0.25, 0.3) is 33.1 Å². The van der Waals surface area contributed by atoms with Crippen molar-refractivity contribution in [1.29, 1.82) is 0 Å². The van der Waals surface area contributed by atoms with Crippen molar-refractivity contribution in [3.8, 4) is 11.3 Å². The molecule has 0 fully saturated rings. The minimum atomic E-state index is -1.000. The first-order valence-electron chi connectivity index (χ1n) is 7.22. The number of nitrogens with two attached hydrogens (primary N) is 1. The quantitative estimate of drug-likeness (QED) is 0.469. The largest absolute Gasteiger partial charge is 0.399 e. The van der Waals surface area contributed by atoms with E-state index in [0.29, 0.717) is 34.0 Å². The van der Waals surface area contributed by atoms with Gasteiger partial charge in [0.2, 0.25) is 5.43 Å². The second-order valence-electron chi connectivity index (χ2n) is 5.60. The molecule has 2 aromatic carbocycles. The fraction of sp³-hybridized carbons (Fsp3) is 0.0588. The molecule has 0 bridgehead atoms. The maximum atomic E-state index is 14.6. The Hall–Kier alpha value is -3.22. The van der Waals surface area contributed by atoms with Crippen LogP contribution < -0.4 is 11.2 Å². The van der Waals surface area contributed by atoms with Gasteiger partial charge in [-0.1, -0.05) is 12.1 Å². The van der Waals surface area contributed by atoms with Crippen LogP contribution in [0.1, 0.15) is 5.69 Å². The molecular formula is C17H12F2N4O. The summed E-state index contributed by atoms with van der Waals surface area (Å²) < 4.78 is 29.2. The van der Waals surface area contributed by atoms with Gasteiger partial charge >= 0.3 is 0 Å². The molecule has 0 aliphatic heterocycles. The number of anilines is 1. The van der Waals surface area contributed by atoms with Crippen LogP contribution in [0, 0.1) is 18.6 Å². The number of aromatic nitrogens is 3. The van der Waals surface area contributed by atoms with Gasteiger partial charge in [0.25, 0.3) is 0 Å². The third-order valence-corrected chi connectivity index (χ3v) is 4.03. The van der Waals surface area contributed by atoms with Gasteiger partial charge in [-0.3, -0.25) is 9.89 Å². The summed E-state index contributed by atoms with van der Waals surface area (Å²) in [6.07, 6.45) is 0. The van der Waals surface area contributed by atoms with Crippen LogP contribution in [0.4, 0.5) is 14.5 Å². The lowest BCUT2D eigenvalue weighted by molar-refractivity contribution is 0.609. The summed E-state index contributed by atoms with van der Waals surface area (Å²) in [5, 5.41) is 5.86. The molecule has 4 rings (SSSR count). The molecule has 2 heterocycles. The minimum absolute atomic E-state index is 0.0405. The molecule has 2 aromatic heterocycles. The third kappa shape index (κ3) is 1.91. The molecule has 4 N–H and O–H groups in total. The van der Waals surface area contributed by atoms with Crippen LogP contribution in [0.15, 0.2) is 35.1 Å². The van der Waals surface area contributed by atoms with Gasteiger partial charge in [0.15, 0.2) is 11.5 Å². The highest BCUT2D eigenvalue weighted by Crippen LogP contribution is 2.35. The minimum Gasteiger partial charge on any atom is -0.399 e. The molecule has 0 saturated heterocycles. The lowest BCUT2D eigenvalue weighted by Crippen LogP contribution is -2.08. The van der Waals surface area contributed by atoms with Crippen LogP contribution >= 0.6 is 0 Å². The molecule has 0 amide bonds. The Morgan fingerprint density at radius 2 is 1.88 bits per heavy atom. The van der Waals surface area contributed by atoms with Crippen molar-refractivity contribution < 1.29 is 8.78 Å². The van der Waals surface area contributed by atoms with Crippen LogP contribution in [0.2, 0.25) is 0 Å². The number of nitrogens with zero attached hydrogens (tertiary/aromatic N) is 1. The zero-order valence-corrected chi connectivity index (χ0v) is 12.6. The zero-order chi connectivity index (χ0) is 17.0. The standard InChI is InChI=1S/C17H12F2N4O/c1-7-12-14-13(10(18)6-11(24)15(14)19)16(21-17(12)23-22-7)8-3-2-4-9(20)5-8/h2-6H,20H2,1H3,(H2,21,22,23). The molecule has 5 nitrogen and oxygen atoms in total. The summed E-state index contributed by atoms with van der Waals surface area (Å²) in [5.41, 5.74) is 6.91. The molecule has 0 atom stereocenters. The van der Waals surface area contributed by atoms with E-state index in [1.165, 1.54) is 0 Å².